The van der Waals surface area contributed by atoms with Crippen molar-refractivity contribution in [2.45, 2.75) is 266 Å². The molecule has 0 aliphatic carbocycles. The maximum absolute atomic E-state index is 12.8. The minimum Gasteiger partial charge on any atom is -0.466 e. The third-order valence-corrected chi connectivity index (χ3v) is 11.3. The Kier molecular flexibility index (Phi) is 39.3. The number of amides is 1. The summed E-state index contributed by atoms with van der Waals surface area (Å²) >= 11 is 0. The van der Waals surface area contributed by atoms with Gasteiger partial charge in [-0.15, -0.1) is 0 Å². The van der Waals surface area contributed by atoms with E-state index in [-0.39, 0.29) is 24.1 Å². The summed E-state index contributed by atoms with van der Waals surface area (Å²) in [4.78, 5) is 39.8. The fourth-order valence-electron chi connectivity index (χ4n) is 7.70. The molecule has 0 atom stereocenters. The molecule has 0 saturated carbocycles. The van der Waals surface area contributed by atoms with Gasteiger partial charge < -0.3 is 24.4 Å². The van der Waals surface area contributed by atoms with Gasteiger partial charge in [0.2, 0.25) is 0 Å². The molecule has 0 radical (unpaired) electrons. The van der Waals surface area contributed by atoms with E-state index in [1.807, 2.05) is 20.8 Å². The van der Waals surface area contributed by atoms with E-state index in [0.717, 1.165) is 110 Å². The average molecular weight is 823 g/mol. The molecular weight excluding hydrogens is 725 g/mol. The Hall–Kier alpha value is -1.83. The van der Waals surface area contributed by atoms with E-state index in [0.29, 0.717) is 31.9 Å². The number of ether oxygens (including phenoxy) is 3. The molecule has 0 unspecified atom stereocenters. The first-order valence-corrected chi connectivity index (χ1v) is 25.1. The van der Waals surface area contributed by atoms with E-state index in [2.05, 4.69) is 37.9 Å². The van der Waals surface area contributed by atoms with Gasteiger partial charge in [-0.05, 0) is 111 Å². The van der Waals surface area contributed by atoms with Gasteiger partial charge in [0.25, 0.3) is 0 Å². The van der Waals surface area contributed by atoms with Gasteiger partial charge in [-0.3, -0.25) is 9.59 Å². The Balaban J connectivity index is 4.52. The predicted molar refractivity (Wildman–Crippen MR) is 245 cm³/mol. The zero-order valence-electron chi connectivity index (χ0n) is 39.7. The first-order chi connectivity index (χ1) is 28.0. The monoisotopic (exact) mass is 823 g/mol. The summed E-state index contributed by atoms with van der Waals surface area (Å²) in [7, 11) is 0. The van der Waals surface area contributed by atoms with Crippen molar-refractivity contribution in [3.05, 3.63) is 0 Å². The van der Waals surface area contributed by atoms with Gasteiger partial charge in [-0.1, -0.05) is 156 Å². The Morgan fingerprint density at radius 2 is 0.948 bits per heavy atom. The minimum atomic E-state index is -0.494. The SMILES string of the molecule is CCCCCCCC(CCCCCCC)OC(=O)CCCCCCCN(CCCCCCCC(=O)OCCC(CCCC)CCCC)CCCNC(=O)OC(C)(C)C. The molecule has 0 fully saturated rings. The zero-order valence-corrected chi connectivity index (χ0v) is 39.7. The van der Waals surface area contributed by atoms with Crippen LogP contribution in [0.4, 0.5) is 4.79 Å². The Labute approximate surface area is 360 Å². The number of esters is 2. The lowest BCUT2D eigenvalue weighted by Crippen LogP contribution is -2.35. The number of nitrogens with zero attached hydrogens (tertiary/aromatic N) is 1. The molecule has 0 saturated heterocycles. The summed E-state index contributed by atoms with van der Waals surface area (Å²) in [6.07, 6.45) is 35.6. The number of alkyl carbamates (subject to hydrolysis) is 1. The second-order valence-corrected chi connectivity index (χ2v) is 18.3. The van der Waals surface area contributed by atoms with Gasteiger partial charge in [0.05, 0.1) is 6.61 Å². The smallest absolute Gasteiger partial charge is 0.407 e. The lowest BCUT2D eigenvalue weighted by Gasteiger charge is -2.23. The first kappa shape index (κ1) is 56.2. The van der Waals surface area contributed by atoms with Crippen LogP contribution >= 0.6 is 0 Å². The number of carbonyl (C=O) groups excluding carboxylic acids is 3. The number of nitrogens with one attached hydrogen (secondary N) is 1. The molecule has 0 rings (SSSR count). The molecule has 8 nitrogen and oxygen atoms in total. The van der Waals surface area contributed by atoms with Crippen LogP contribution in [0.25, 0.3) is 0 Å². The van der Waals surface area contributed by atoms with Crippen LogP contribution in [0.2, 0.25) is 0 Å². The van der Waals surface area contributed by atoms with Crippen LogP contribution in [-0.4, -0.2) is 67.4 Å². The molecule has 1 N–H and O–H groups in total. The quantitative estimate of drug-likeness (QED) is 0.0372. The number of hydrogen-bond donors (Lipinski definition) is 1. The molecule has 0 aromatic rings. The Bertz CT molecular complexity index is 916. The second kappa shape index (κ2) is 40.6. The minimum absolute atomic E-state index is 0.00207. The van der Waals surface area contributed by atoms with Crippen LogP contribution in [-0.2, 0) is 23.8 Å². The molecule has 0 heterocycles. The van der Waals surface area contributed by atoms with Crippen LogP contribution in [0, 0.1) is 5.92 Å². The van der Waals surface area contributed by atoms with Crippen molar-refractivity contribution in [1.82, 2.24) is 10.2 Å². The van der Waals surface area contributed by atoms with Crippen molar-refractivity contribution in [3.8, 4) is 0 Å². The number of unbranched alkanes of at least 4 members (excludes halogenated alkanes) is 18. The summed E-state index contributed by atoms with van der Waals surface area (Å²) < 4.78 is 17.0. The number of rotatable bonds is 42. The van der Waals surface area contributed by atoms with E-state index in [4.69, 9.17) is 14.2 Å². The van der Waals surface area contributed by atoms with Crippen LogP contribution in [0.1, 0.15) is 254 Å². The summed E-state index contributed by atoms with van der Waals surface area (Å²) in [6, 6.07) is 0. The van der Waals surface area contributed by atoms with Crippen molar-refractivity contribution in [2.75, 3.05) is 32.8 Å². The summed E-state index contributed by atoms with van der Waals surface area (Å²) in [5.41, 5.74) is -0.494. The van der Waals surface area contributed by atoms with Gasteiger partial charge in [0.15, 0.2) is 0 Å². The van der Waals surface area contributed by atoms with E-state index in [1.165, 1.54) is 103 Å². The molecule has 0 bridgehead atoms. The summed E-state index contributed by atoms with van der Waals surface area (Å²) in [5.74, 6) is 0.664. The highest BCUT2D eigenvalue weighted by Gasteiger charge is 2.17. The van der Waals surface area contributed by atoms with Crippen molar-refractivity contribution in [2.24, 2.45) is 5.92 Å². The molecule has 0 aliphatic rings. The largest absolute Gasteiger partial charge is 0.466 e. The van der Waals surface area contributed by atoms with E-state index in [9.17, 15) is 14.4 Å². The van der Waals surface area contributed by atoms with Crippen LogP contribution in [0.3, 0.4) is 0 Å². The maximum Gasteiger partial charge on any atom is 0.407 e. The van der Waals surface area contributed by atoms with E-state index in [1.54, 1.807) is 0 Å². The van der Waals surface area contributed by atoms with Gasteiger partial charge in [-0.2, -0.15) is 0 Å². The van der Waals surface area contributed by atoms with Gasteiger partial charge in [0.1, 0.15) is 11.7 Å². The normalized spacial score (nSPS) is 11.8. The molecule has 0 aromatic carbocycles. The van der Waals surface area contributed by atoms with E-state index >= 15 is 0 Å². The lowest BCUT2D eigenvalue weighted by molar-refractivity contribution is -0.150. The first-order valence-electron chi connectivity index (χ1n) is 25.1. The van der Waals surface area contributed by atoms with Crippen molar-refractivity contribution < 1.29 is 28.6 Å². The standard InChI is InChI=1S/C50H98N2O6/c1-8-12-16-20-26-35-46(36-27-21-17-13-9-2)57-48(54)38-29-23-19-25-31-42-52(43-32-40-51-49(55)58-50(5,6)7)41-30-24-18-22-28-37-47(53)56-44-39-45(33-14-10-3)34-15-11-4/h45-46H,8-44H2,1-7H3,(H,51,55). The highest BCUT2D eigenvalue weighted by molar-refractivity contribution is 5.69. The third-order valence-electron chi connectivity index (χ3n) is 11.3. The predicted octanol–water partition coefficient (Wildman–Crippen LogP) is 14.4. The lowest BCUT2D eigenvalue weighted by atomic mass is 9.93. The zero-order chi connectivity index (χ0) is 43.0. The molecule has 8 heteroatoms. The summed E-state index contributed by atoms with van der Waals surface area (Å²) in [5, 5.41) is 2.91. The van der Waals surface area contributed by atoms with E-state index < -0.39 is 5.60 Å². The van der Waals surface area contributed by atoms with Crippen LogP contribution in [0.5, 0.6) is 0 Å². The molecule has 344 valence electrons. The fraction of sp³-hybridized carbons (Fsp3) is 0.940. The Morgan fingerprint density at radius 3 is 1.47 bits per heavy atom. The molecule has 1 amide bonds. The second-order valence-electron chi connectivity index (χ2n) is 18.3. The summed E-state index contributed by atoms with van der Waals surface area (Å²) in [6.45, 7) is 18.9. The molecule has 0 aromatic heterocycles. The fourth-order valence-corrected chi connectivity index (χ4v) is 7.70. The van der Waals surface area contributed by atoms with Gasteiger partial charge in [0, 0.05) is 19.4 Å². The topological polar surface area (TPSA) is 94.2 Å². The average Bonchev–Trinajstić information content (AvgIpc) is 3.18. The van der Waals surface area contributed by atoms with Crippen LogP contribution < -0.4 is 5.32 Å². The van der Waals surface area contributed by atoms with Crippen molar-refractivity contribution in [3.63, 3.8) is 0 Å². The molecule has 0 aliphatic heterocycles. The number of hydrogen-bond acceptors (Lipinski definition) is 7. The third kappa shape index (κ3) is 39.6. The Morgan fingerprint density at radius 1 is 0.500 bits per heavy atom. The number of carbonyl (C=O) groups is 3. The maximum atomic E-state index is 12.8. The highest BCUT2D eigenvalue weighted by atomic mass is 16.6. The van der Waals surface area contributed by atoms with Crippen molar-refractivity contribution in [1.29, 1.82) is 0 Å². The van der Waals surface area contributed by atoms with Gasteiger partial charge in [-0.25, -0.2) is 4.79 Å². The highest BCUT2D eigenvalue weighted by Crippen LogP contribution is 2.21. The molecular formula is C50H98N2O6. The molecule has 0 spiro atoms. The van der Waals surface area contributed by atoms with Crippen molar-refractivity contribution >= 4 is 18.0 Å². The molecule has 58 heavy (non-hydrogen) atoms. The van der Waals surface area contributed by atoms with Crippen LogP contribution in [0.15, 0.2) is 0 Å². The van der Waals surface area contributed by atoms with Gasteiger partial charge >= 0.3 is 18.0 Å².